The molecule has 0 aliphatic heterocycles. The number of ether oxygens (including phenoxy) is 1. The van der Waals surface area contributed by atoms with Crippen molar-refractivity contribution >= 4 is 11.6 Å². The Hall–Kier alpha value is -1.79. The highest BCUT2D eigenvalue weighted by atomic mass is 35.5. The van der Waals surface area contributed by atoms with Gasteiger partial charge in [0.2, 0.25) is 0 Å². The molecule has 0 saturated carbocycles. The number of para-hydroxylation sites is 1. The number of alkyl halides is 3. The van der Waals surface area contributed by atoms with Gasteiger partial charge in [0, 0.05) is 11.8 Å². The van der Waals surface area contributed by atoms with E-state index in [2.05, 4.69) is 9.72 Å². The summed E-state index contributed by atoms with van der Waals surface area (Å²) in [4.78, 5) is 3.96. The minimum Gasteiger partial charge on any atom is -0.405 e. The molecule has 0 unspecified atom stereocenters. The number of hydrogen-bond acceptors (Lipinski definition) is 3. The summed E-state index contributed by atoms with van der Waals surface area (Å²) in [5.74, 6) is -0.399. The smallest absolute Gasteiger partial charge is 0.405 e. The van der Waals surface area contributed by atoms with Gasteiger partial charge in [-0.15, -0.1) is 13.2 Å². The fourth-order valence-electron chi connectivity index (χ4n) is 1.67. The van der Waals surface area contributed by atoms with Gasteiger partial charge < -0.3 is 9.84 Å². The zero-order valence-electron chi connectivity index (χ0n) is 9.99. The summed E-state index contributed by atoms with van der Waals surface area (Å²) in [6.07, 6.45) is -3.45. The largest absolute Gasteiger partial charge is 0.573 e. The Bertz CT molecular complexity index is 617. The third-order valence-electron chi connectivity index (χ3n) is 2.51. The van der Waals surface area contributed by atoms with Gasteiger partial charge in [0.05, 0.1) is 17.3 Å². The predicted molar refractivity (Wildman–Crippen MR) is 67.3 cm³/mol. The van der Waals surface area contributed by atoms with Crippen LogP contribution in [-0.2, 0) is 6.61 Å². The Balaban J connectivity index is 2.53. The lowest BCUT2D eigenvalue weighted by Crippen LogP contribution is -2.17. The fraction of sp³-hybridized carbons (Fsp3) is 0.154. The first-order valence-corrected chi connectivity index (χ1v) is 5.89. The van der Waals surface area contributed by atoms with E-state index in [9.17, 15) is 13.2 Å². The molecule has 2 rings (SSSR count). The zero-order valence-corrected chi connectivity index (χ0v) is 10.7. The second kappa shape index (κ2) is 5.68. The van der Waals surface area contributed by atoms with Crippen LogP contribution < -0.4 is 4.74 Å². The number of aromatic nitrogens is 1. The molecule has 1 N–H and O–H groups in total. The summed E-state index contributed by atoms with van der Waals surface area (Å²) in [5.41, 5.74) is 0.599. The number of hydrogen-bond donors (Lipinski definition) is 1. The van der Waals surface area contributed by atoms with E-state index in [4.69, 9.17) is 16.7 Å². The van der Waals surface area contributed by atoms with Crippen LogP contribution in [0.15, 0.2) is 36.5 Å². The molecule has 7 heteroatoms. The van der Waals surface area contributed by atoms with Gasteiger partial charge in [-0.3, -0.25) is 4.98 Å². The summed E-state index contributed by atoms with van der Waals surface area (Å²) < 4.78 is 41.1. The highest BCUT2D eigenvalue weighted by Gasteiger charge is 2.32. The minimum atomic E-state index is -4.81. The number of benzene rings is 1. The molecule has 0 aliphatic rings. The molecular weight excluding hydrogens is 295 g/mol. The highest BCUT2D eigenvalue weighted by Crippen LogP contribution is 2.36. The second-order valence-corrected chi connectivity index (χ2v) is 4.21. The Morgan fingerprint density at radius 3 is 2.55 bits per heavy atom. The molecule has 0 bridgehead atoms. The number of aliphatic hydroxyl groups excluding tert-OH is 1. The van der Waals surface area contributed by atoms with Crippen LogP contribution >= 0.6 is 11.6 Å². The molecule has 1 aromatic carbocycles. The van der Waals surface area contributed by atoms with Crippen LogP contribution in [0.1, 0.15) is 5.56 Å². The van der Waals surface area contributed by atoms with Gasteiger partial charge in [0.25, 0.3) is 0 Å². The number of pyridine rings is 1. The quantitative estimate of drug-likeness (QED) is 0.938. The van der Waals surface area contributed by atoms with E-state index >= 15 is 0 Å². The molecule has 1 heterocycles. The third kappa shape index (κ3) is 3.20. The maximum absolute atomic E-state index is 12.4. The molecule has 20 heavy (non-hydrogen) atoms. The van der Waals surface area contributed by atoms with Crippen molar-refractivity contribution < 1.29 is 23.0 Å². The summed E-state index contributed by atoms with van der Waals surface area (Å²) in [6.45, 7) is -0.337. The van der Waals surface area contributed by atoms with Gasteiger partial charge >= 0.3 is 6.36 Å². The summed E-state index contributed by atoms with van der Waals surface area (Å²) >= 11 is 6.03. The van der Waals surface area contributed by atoms with Gasteiger partial charge in [-0.05, 0) is 23.8 Å². The maximum Gasteiger partial charge on any atom is 0.573 e. The predicted octanol–water partition coefficient (Wildman–Crippen LogP) is 3.79. The average molecular weight is 304 g/mol. The van der Waals surface area contributed by atoms with E-state index in [-0.39, 0.29) is 22.9 Å². The van der Waals surface area contributed by atoms with Crippen LogP contribution in [0.25, 0.3) is 11.3 Å². The molecule has 0 aliphatic carbocycles. The van der Waals surface area contributed by atoms with Crippen molar-refractivity contribution in [1.82, 2.24) is 4.98 Å². The molecule has 0 radical (unpaired) electrons. The summed E-state index contributed by atoms with van der Waals surface area (Å²) in [5, 5.41) is 9.21. The first-order valence-electron chi connectivity index (χ1n) is 5.52. The molecule has 0 saturated heterocycles. The van der Waals surface area contributed by atoms with Gasteiger partial charge in [0.15, 0.2) is 0 Å². The summed E-state index contributed by atoms with van der Waals surface area (Å²) in [6, 6.07) is 7.03. The highest BCUT2D eigenvalue weighted by molar-refractivity contribution is 6.33. The normalized spacial score (nSPS) is 11.4. The standard InChI is InChI=1S/C13H9ClF3NO2/c14-11-8(7-19)5-6-18-12(11)9-3-1-2-4-10(9)20-13(15,16)17/h1-6,19H,7H2. The maximum atomic E-state index is 12.4. The molecular formula is C13H9ClF3NO2. The molecule has 0 atom stereocenters. The summed E-state index contributed by atoms with van der Waals surface area (Å²) in [7, 11) is 0. The van der Waals surface area contributed by atoms with Gasteiger partial charge in [-0.2, -0.15) is 0 Å². The van der Waals surface area contributed by atoms with Crippen LogP contribution in [-0.4, -0.2) is 16.5 Å². The van der Waals surface area contributed by atoms with Crippen LogP contribution in [0.4, 0.5) is 13.2 Å². The SMILES string of the molecule is OCc1ccnc(-c2ccccc2OC(F)(F)F)c1Cl. The van der Waals surface area contributed by atoms with Crippen molar-refractivity contribution in [2.75, 3.05) is 0 Å². The fourth-order valence-corrected chi connectivity index (χ4v) is 1.94. The molecule has 0 amide bonds. The first-order chi connectivity index (χ1) is 9.42. The van der Waals surface area contributed by atoms with E-state index in [1.807, 2.05) is 0 Å². The second-order valence-electron chi connectivity index (χ2n) is 3.83. The number of nitrogens with zero attached hydrogens (tertiary/aromatic N) is 1. The molecule has 0 fully saturated rings. The monoisotopic (exact) mass is 303 g/mol. The van der Waals surface area contributed by atoms with Gasteiger partial charge in [-0.1, -0.05) is 23.7 Å². The zero-order chi connectivity index (χ0) is 14.8. The van der Waals surface area contributed by atoms with Crippen molar-refractivity contribution in [3.63, 3.8) is 0 Å². The average Bonchev–Trinajstić information content (AvgIpc) is 2.38. The van der Waals surface area contributed by atoms with E-state index in [0.717, 1.165) is 0 Å². The van der Waals surface area contributed by atoms with Crippen molar-refractivity contribution in [3.05, 3.63) is 47.1 Å². The Morgan fingerprint density at radius 1 is 1.20 bits per heavy atom. The van der Waals surface area contributed by atoms with Crippen molar-refractivity contribution in [2.45, 2.75) is 13.0 Å². The Morgan fingerprint density at radius 2 is 1.90 bits per heavy atom. The van der Waals surface area contributed by atoms with Crippen molar-refractivity contribution in [2.24, 2.45) is 0 Å². The lowest BCUT2D eigenvalue weighted by atomic mass is 10.1. The molecule has 2 aromatic rings. The molecule has 1 aromatic heterocycles. The van der Waals surface area contributed by atoms with Crippen LogP contribution in [0, 0.1) is 0 Å². The topological polar surface area (TPSA) is 42.4 Å². The Labute approximate surface area is 117 Å². The molecule has 106 valence electrons. The van der Waals surface area contributed by atoms with Gasteiger partial charge in [-0.25, -0.2) is 0 Å². The minimum absolute atomic E-state index is 0.0909. The third-order valence-corrected chi connectivity index (χ3v) is 2.93. The van der Waals surface area contributed by atoms with E-state index < -0.39 is 12.1 Å². The van der Waals surface area contributed by atoms with E-state index in [1.165, 1.54) is 30.5 Å². The van der Waals surface area contributed by atoms with Crippen LogP contribution in [0.2, 0.25) is 5.02 Å². The Kier molecular flexibility index (Phi) is 4.15. The lowest BCUT2D eigenvalue weighted by Gasteiger charge is -2.14. The lowest BCUT2D eigenvalue weighted by molar-refractivity contribution is -0.274. The van der Waals surface area contributed by atoms with E-state index in [1.54, 1.807) is 6.07 Å². The van der Waals surface area contributed by atoms with Crippen molar-refractivity contribution in [3.8, 4) is 17.0 Å². The van der Waals surface area contributed by atoms with Crippen LogP contribution in [0.5, 0.6) is 5.75 Å². The van der Waals surface area contributed by atoms with Crippen molar-refractivity contribution in [1.29, 1.82) is 0 Å². The van der Waals surface area contributed by atoms with Crippen LogP contribution in [0.3, 0.4) is 0 Å². The molecule has 0 spiro atoms. The number of halogens is 4. The molecule has 3 nitrogen and oxygen atoms in total. The first kappa shape index (κ1) is 14.6. The number of rotatable bonds is 3. The number of aliphatic hydroxyl groups is 1. The van der Waals surface area contributed by atoms with E-state index in [0.29, 0.717) is 5.56 Å². The van der Waals surface area contributed by atoms with Gasteiger partial charge in [0.1, 0.15) is 5.75 Å².